The van der Waals surface area contributed by atoms with Crippen LogP contribution in [0.1, 0.15) is 17.5 Å². The molecule has 1 aromatic heterocycles. The Morgan fingerprint density at radius 3 is 2.52 bits per heavy atom. The monoisotopic (exact) mass is 441 g/mol. The fraction of sp³-hybridized carbons (Fsp3) is 0.222. The van der Waals surface area contributed by atoms with Gasteiger partial charge in [-0.25, -0.2) is 0 Å². The van der Waals surface area contributed by atoms with Crippen LogP contribution in [0.3, 0.4) is 0 Å². The smallest absolute Gasteiger partial charge is 0.231 e. The van der Waals surface area contributed by atoms with Crippen LogP contribution in [0.15, 0.2) is 89.8 Å². The number of nitrogens with zero attached hydrogens (tertiary/aromatic N) is 3. The van der Waals surface area contributed by atoms with Gasteiger partial charge >= 0.3 is 0 Å². The van der Waals surface area contributed by atoms with Crippen molar-refractivity contribution in [3.05, 3.63) is 96.4 Å². The van der Waals surface area contributed by atoms with E-state index in [0.717, 1.165) is 53.7 Å². The number of rotatable bonds is 8. The van der Waals surface area contributed by atoms with Gasteiger partial charge in [0.1, 0.15) is 5.69 Å². The molecule has 6 heteroatoms. The number of benzene rings is 2. The van der Waals surface area contributed by atoms with Gasteiger partial charge in [0.25, 0.3) is 0 Å². The number of aryl methyl sites for hydroxylation is 1. The molecule has 3 heterocycles. The van der Waals surface area contributed by atoms with Crippen LogP contribution in [0.4, 0.5) is 5.88 Å². The minimum atomic E-state index is 0.274. The molecule has 0 saturated carbocycles. The van der Waals surface area contributed by atoms with Crippen LogP contribution in [0.25, 0.3) is 11.3 Å². The predicted molar refractivity (Wildman–Crippen MR) is 129 cm³/mol. The van der Waals surface area contributed by atoms with Crippen molar-refractivity contribution in [3.63, 3.8) is 0 Å². The first-order valence-corrected chi connectivity index (χ1v) is 11.2. The number of fused-ring (bicyclic) bond motifs is 1. The molecule has 168 valence electrons. The average Bonchev–Trinajstić information content (AvgIpc) is 3.43. The molecule has 33 heavy (non-hydrogen) atoms. The molecular formula is C27H27N3O3. The summed E-state index contributed by atoms with van der Waals surface area (Å²) in [6.07, 6.45) is 13.3. The van der Waals surface area contributed by atoms with E-state index in [9.17, 15) is 0 Å². The maximum Gasteiger partial charge on any atom is 0.231 e. The van der Waals surface area contributed by atoms with Gasteiger partial charge in [0, 0.05) is 43.7 Å². The van der Waals surface area contributed by atoms with Gasteiger partial charge in [-0.3, -0.25) is 0 Å². The average molecular weight is 442 g/mol. The van der Waals surface area contributed by atoms with Gasteiger partial charge in [-0.1, -0.05) is 53.2 Å². The first-order chi connectivity index (χ1) is 16.2. The SMILES string of the molecule is Cc1ccc(-c2cc(N(CCCN3C=CC=CC=C3)Cc3ccc4c(c3)OCO4)on2)cc1. The van der Waals surface area contributed by atoms with E-state index in [4.69, 9.17) is 14.0 Å². The van der Waals surface area contributed by atoms with Crippen LogP contribution in [-0.4, -0.2) is 29.9 Å². The largest absolute Gasteiger partial charge is 0.454 e. The molecule has 2 aromatic carbocycles. The second kappa shape index (κ2) is 9.69. The zero-order chi connectivity index (χ0) is 22.5. The quantitative estimate of drug-likeness (QED) is 0.449. The Hall–Kier alpha value is -3.93. The number of ether oxygens (including phenoxy) is 2. The molecule has 0 spiro atoms. The summed E-state index contributed by atoms with van der Waals surface area (Å²) in [6.45, 7) is 4.77. The molecule has 0 saturated heterocycles. The van der Waals surface area contributed by atoms with Crippen molar-refractivity contribution in [2.45, 2.75) is 19.9 Å². The van der Waals surface area contributed by atoms with Crippen LogP contribution >= 0.6 is 0 Å². The Kier molecular flexibility index (Phi) is 6.15. The van der Waals surface area contributed by atoms with Crippen molar-refractivity contribution >= 4 is 5.88 Å². The van der Waals surface area contributed by atoms with Crippen molar-refractivity contribution in [2.75, 3.05) is 24.8 Å². The third-order valence-corrected chi connectivity index (χ3v) is 5.70. The zero-order valence-electron chi connectivity index (χ0n) is 18.7. The summed E-state index contributed by atoms with van der Waals surface area (Å²) in [5, 5.41) is 4.34. The van der Waals surface area contributed by atoms with Crippen molar-refractivity contribution in [1.29, 1.82) is 0 Å². The van der Waals surface area contributed by atoms with Crippen LogP contribution in [0.2, 0.25) is 0 Å². The predicted octanol–water partition coefficient (Wildman–Crippen LogP) is 5.67. The van der Waals surface area contributed by atoms with Gasteiger partial charge in [0.2, 0.25) is 12.7 Å². The highest BCUT2D eigenvalue weighted by atomic mass is 16.7. The third-order valence-electron chi connectivity index (χ3n) is 5.70. The second-order valence-electron chi connectivity index (χ2n) is 8.18. The summed E-state index contributed by atoms with van der Waals surface area (Å²) >= 11 is 0. The Bertz CT molecular complexity index is 1160. The van der Waals surface area contributed by atoms with Gasteiger partial charge < -0.3 is 23.8 Å². The van der Waals surface area contributed by atoms with Gasteiger partial charge in [-0.2, -0.15) is 0 Å². The molecule has 0 unspecified atom stereocenters. The third kappa shape index (κ3) is 5.12. The zero-order valence-corrected chi connectivity index (χ0v) is 18.7. The van der Waals surface area contributed by atoms with Crippen LogP contribution in [0, 0.1) is 6.92 Å². The molecule has 6 nitrogen and oxygen atoms in total. The van der Waals surface area contributed by atoms with E-state index in [1.807, 2.05) is 30.4 Å². The van der Waals surface area contributed by atoms with Gasteiger partial charge in [-0.15, -0.1) is 0 Å². The summed E-state index contributed by atoms with van der Waals surface area (Å²) in [6, 6.07) is 16.4. The van der Waals surface area contributed by atoms with Gasteiger partial charge in [0.15, 0.2) is 11.5 Å². The lowest BCUT2D eigenvalue weighted by Crippen LogP contribution is -2.26. The normalized spacial score (nSPS) is 14.0. The van der Waals surface area contributed by atoms with E-state index in [2.05, 4.69) is 76.8 Å². The van der Waals surface area contributed by atoms with Crippen molar-refractivity contribution in [1.82, 2.24) is 10.1 Å². The highest BCUT2D eigenvalue weighted by Gasteiger charge is 2.18. The topological polar surface area (TPSA) is 51.0 Å². The van der Waals surface area contributed by atoms with E-state index in [1.54, 1.807) is 0 Å². The first kappa shape index (κ1) is 20.9. The molecule has 0 N–H and O–H groups in total. The van der Waals surface area contributed by atoms with E-state index >= 15 is 0 Å². The number of allylic oxidation sites excluding steroid dienone is 4. The summed E-state index contributed by atoms with van der Waals surface area (Å²) in [5.74, 6) is 2.34. The Morgan fingerprint density at radius 2 is 1.70 bits per heavy atom. The lowest BCUT2D eigenvalue weighted by atomic mass is 10.1. The summed E-state index contributed by atoms with van der Waals surface area (Å²) in [4.78, 5) is 4.42. The number of aromatic nitrogens is 1. The van der Waals surface area contributed by atoms with Crippen molar-refractivity contribution in [3.8, 4) is 22.8 Å². The number of anilines is 1. The molecule has 0 radical (unpaired) electrons. The number of hydrogen-bond acceptors (Lipinski definition) is 6. The van der Waals surface area contributed by atoms with E-state index in [-0.39, 0.29) is 6.79 Å². The lowest BCUT2D eigenvalue weighted by Gasteiger charge is -2.23. The molecule has 0 atom stereocenters. The van der Waals surface area contributed by atoms with Crippen molar-refractivity contribution in [2.24, 2.45) is 0 Å². The minimum Gasteiger partial charge on any atom is -0.454 e. The number of hydrogen-bond donors (Lipinski definition) is 0. The van der Waals surface area contributed by atoms with Gasteiger partial charge in [-0.05, 0) is 43.2 Å². The summed E-state index contributed by atoms with van der Waals surface area (Å²) in [7, 11) is 0. The Morgan fingerprint density at radius 1 is 0.909 bits per heavy atom. The van der Waals surface area contributed by atoms with Crippen molar-refractivity contribution < 1.29 is 14.0 Å². The Balaban J connectivity index is 1.33. The highest BCUT2D eigenvalue weighted by molar-refractivity contribution is 5.62. The molecule has 2 aliphatic heterocycles. The maximum absolute atomic E-state index is 5.81. The van der Waals surface area contributed by atoms with Crippen LogP contribution in [0.5, 0.6) is 11.5 Å². The molecule has 3 aromatic rings. The molecule has 0 amide bonds. The molecular weight excluding hydrogens is 414 g/mol. The minimum absolute atomic E-state index is 0.274. The lowest BCUT2D eigenvalue weighted by molar-refractivity contribution is 0.174. The molecule has 0 fully saturated rings. The molecule has 5 rings (SSSR count). The standard InChI is InChI=1S/C27H27N3O3/c1-21-7-10-23(11-8-21)24-18-27(33-28-24)30(16-6-15-29-13-4-2-3-5-14-29)19-22-9-12-25-26(17-22)32-20-31-25/h2-5,7-14,17-18H,6,15-16,19-20H2,1H3. The summed E-state index contributed by atoms with van der Waals surface area (Å²) in [5.41, 5.74) is 4.24. The first-order valence-electron chi connectivity index (χ1n) is 11.2. The van der Waals surface area contributed by atoms with E-state index in [0.29, 0.717) is 6.54 Å². The van der Waals surface area contributed by atoms with E-state index in [1.165, 1.54) is 5.56 Å². The van der Waals surface area contributed by atoms with E-state index < -0.39 is 0 Å². The molecule has 2 aliphatic rings. The van der Waals surface area contributed by atoms with Gasteiger partial charge in [0.05, 0.1) is 0 Å². The maximum atomic E-state index is 5.81. The molecule has 0 aliphatic carbocycles. The van der Waals surface area contributed by atoms with Crippen LogP contribution < -0.4 is 14.4 Å². The highest BCUT2D eigenvalue weighted by Crippen LogP contribution is 2.33. The van der Waals surface area contributed by atoms with Crippen LogP contribution in [-0.2, 0) is 6.54 Å². The summed E-state index contributed by atoms with van der Waals surface area (Å²) < 4.78 is 16.8. The molecule has 0 bridgehead atoms. The fourth-order valence-corrected chi connectivity index (χ4v) is 3.89. The second-order valence-corrected chi connectivity index (χ2v) is 8.18. The fourth-order valence-electron chi connectivity index (χ4n) is 3.89. The Labute approximate surface area is 194 Å².